The van der Waals surface area contributed by atoms with E-state index in [4.69, 9.17) is 0 Å². The molecule has 0 aliphatic carbocycles. The van der Waals surface area contributed by atoms with Crippen LogP contribution in [0.5, 0.6) is 0 Å². The molecule has 2 aromatic carbocycles. The highest BCUT2D eigenvalue weighted by molar-refractivity contribution is 5.86. The summed E-state index contributed by atoms with van der Waals surface area (Å²) in [6.07, 6.45) is 5.69. The Bertz CT molecular complexity index is 1260. The van der Waals surface area contributed by atoms with E-state index in [9.17, 15) is 4.39 Å². The number of benzene rings is 2. The van der Waals surface area contributed by atoms with Crippen molar-refractivity contribution in [2.45, 2.75) is 6.92 Å². The molecule has 26 heavy (non-hydrogen) atoms. The van der Waals surface area contributed by atoms with E-state index in [-0.39, 0.29) is 5.82 Å². The van der Waals surface area contributed by atoms with Crippen LogP contribution in [0.1, 0.15) is 5.56 Å². The fourth-order valence-electron chi connectivity index (χ4n) is 3.61. The summed E-state index contributed by atoms with van der Waals surface area (Å²) >= 11 is 0. The second-order valence-electron chi connectivity index (χ2n) is 6.43. The van der Waals surface area contributed by atoms with E-state index in [1.807, 2.05) is 60.3 Å². The lowest BCUT2D eigenvalue weighted by atomic mass is 10.1. The molecule has 126 valence electrons. The highest BCUT2D eigenvalue weighted by atomic mass is 19.1. The van der Waals surface area contributed by atoms with Gasteiger partial charge in [-0.1, -0.05) is 24.3 Å². The van der Waals surface area contributed by atoms with Crippen molar-refractivity contribution in [2.75, 3.05) is 0 Å². The van der Waals surface area contributed by atoms with Gasteiger partial charge in [0, 0.05) is 35.2 Å². The molecule has 3 heterocycles. The number of aryl methyl sites for hydroxylation is 1. The third-order valence-electron chi connectivity index (χ3n) is 4.85. The molecule has 5 aromatic rings. The van der Waals surface area contributed by atoms with Crippen LogP contribution in [0.25, 0.3) is 33.5 Å². The molecule has 3 nitrogen and oxygen atoms in total. The predicted octanol–water partition coefficient (Wildman–Crippen LogP) is 5.39. The van der Waals surface area contributed by atoms with Gasteiger partial charge in [0.25, 0.3) is 0 Å². The van der Waals surface area contributed by atoms with Crippen molar-refractivity contribution >= 4 is 16.6 Å². The maximum Gasteiger partial charge on any atom is 0.137 e. The highest BCUT2D eigenvalue weighted by Gasteiger charge is 2.11. The number of halogens is 1. The van der Waals surface area contributed by atoms with Crippen molar-refractivity contribution in [3.8, 4) is 16.9 Å². The summed E-state index contributed by atoms with van der Waals surface area (Å²) in [5.74, 6) is -0.191. The number of nitrogens with zero attached hydrogens (tertiary/aromatic N) is 3. The molecular formula is C22H16FN3. The molecule has 5 rings (SSSR count). The van der Waals surface area contributed by atoms with Gasteiger partial charge in [-0.05, 0) is 48.9 Å². The first-order valence-corrected chi connectivity index (χ1v) is 8.51. The SMILES string of the molecule is Cc1ccc(F)c2ccn(-c3cccc(-c4cccc5nccn45)c3)c12. The predicted molar refractivity (Wildman–Crippen MR) is 102 cm³/mol. The summed E-state index contributed by atoms with van der Waals surface area (Å²) in [4.78, 5) is 4.36. The summed E-state index contributed by atoms with van der Waals surface area (Å²) < 4.78 is 18.3. The van der Waals surface area contributed by atoms with Gasteiger partial charge in [0.05, 0.1) is 11.2 Å². The standard InChI is InChI=1S/C22H16FN3/c1-15-8-9-19(23)18-10-12-25(22(15)18)17-5-2-4-16(14-17)20-6-3-7-21-24-11-13-26(20)21/h2-14H,1H3. The second-order valence-corrected chi connectivity index (χ2v) is 6.43. The lowest BCUT2D eigenvalue weighted by Gasteiger charge is -2.11. The molecule has 0 N–H and O–H groups in total. The number of pyridine rings is 1. The molecule has 0 spiro atoms. The quantitative estimate of drug-likeness (QED) is 0.422. The highest BCUT2D eigenvalue weighted by Crippen LogP contribution is 2.28. The van der Waals surface area contributed by atoms with Crippen molar-refractivity contribution in [1.29, 1.82) is 0 Å². The van der Waals surface area contributed by atoms with E-state index in [1.165, 1.54) is 6.07 Å². The normalized spacial score (nSPS) is 11.5. The Kier molecular flexibility index (Phi) is 3.19. The van der Waals surface area contributed by atoms with Crippen LogP contribution in [0, 0.1) is 12.7 Å². The maximum atomic E-state index is 14.2. The molecule has 0 aliphatic rings. The van der Waals surface area contributed by atoms with Gasteiger partial charge in [-0.2, -0.15) is 0 Å². The Morgan fingerprint density at radius 2 is 1.81 bits per heavy atom. The van der Waals surface area contributed by atoms with Crippen LogP contribution in [-0.2, 0) is 0 Å². The van der Waals surface area contributed by atoms with Gasteiger partial charge < -0.3 is 4.57 Å². The molecule has 3 aromatic heterocycles. The van der Waals surface area contributed by atoms with E-state index in [0.29, 0.717) is 5.39 Å². The van der Waals surface area contributed by atoms with E-state index >= 15 is 0 Å². The minimum absolute atomic E-state index is 0.191. The van der Waals surface area contributed by atoms with Crippen molar-refractivity contribution in [3.63, 3.8) is 0 Å². The molecular weight excluding hydrogens is 325 g/mol. The summed E-state index contributed by atoms with van der Waals surface area (Å²) in [6.45, 7) is 2.01. The smallest absolute Gasteiger partial charge is 0.137 e. The summed E-state index contributed by atoms with van der Waals surface area (Å²) in [7, 11) is 0. The largest absolute Gasteiger partial charge is 0.316 e. The van der Waals surface area contributed by atoms with Gasteiger partial charge in [-0.25, -0.2) is 9.37 Å². The van der Waals surface area contributed by atoms with E-state index in [2.05, 4.69) is 27.6 Å². The van der Waals surface area contributed by atoms with E-state index in [1.54, 1.807) is 6.20 Å². The van der Waals surface area contributed by atoms with E-state index < -0.39 is 0 Å². The molecule has 0 aliphatic heterocycles. The zero-order chi connectivity index (χ0) is 17.7. The Hall–Kier alpha value is -3.40. The summed E-state index contributed by atoms with van der Waals surface area (Å²) in [5, 5.41) is 0.645. The molecule has 4 heteroatoms. The van der Waals surface area contributed by atoms with Gasteiger partial charge in [0.15, 0.2) is 0 Å². The van der Waals surface area contributed by atoms with Gasteiger partial charge in [0.1, 0.15) is 11.5 Å². The van der Waals surface area contributed by atoms with Crippen LogP contribution >= 0.6 is 0 Å². The Morgan fingerprint density at radius 3 is 2.73 bits per heavy atom. The Labute approximate surface area is 150 Å². The molecule has 0 saturated heterocycles. The van der Waals surface area contributed by atoms with Crippen molar-refractivity contribution in [3.05, 3.63) is 90.6 Å². The first kappa shape index (κ1) is 14.9. The second kappa shape index (κ2) is 5.56. The van der Waals surface area contributed by atoms with Gasteiger partial charge in [-0.3, -0.25) is 4.40 Å². The molecule has 0 saturated carbocycles. The number of rotatable bonds is 2. The number of fused-ring (bicyclic) bond motifs is 2. The van der Waals surface area contributed by atoms with E-state index in [0.717, 1.165) is 33.7 Å². The average molecular weight is 341 g/mol. The monoisotopic (exact) mass is 341 g/mol. The third-order valence-corrected chi connectivity index (χ3v) is 4.85. The van der Waals surface area contributed by atoms with Crippen LogP contribution in [0.15, 0.2) is 79.3 Å². The number of imidazole rings is 1. The van der Waals surface area contributed by atoms with Crippen LogP contribution < -0.4 is 0 Å². The molecule has 0 atom stereocenters. The zero-order valence-electron chi connectivity index (χ0n) is 14.2. The van der Waals surface area contributed by atoms with Crippen LogP contribution in [0.4, 0.5) is 4.39 Å². The van der Waals surface area contributed by atoms with Crippen molar-refractivity contribution in [2.24, 2.45) is 0 Å². The molecule has 0 bridgehead atoms. The summed E-state index contributed by atoms with van der Waals surface area (Å²) in [5.41, 5.74) is 6.03. The Balaban J connectivity index is 1.73. The lowest BCUT2D eigenvalue weighted by molar-refractivity contribution is 0.639. The zero-order valence-corrected chi connectivity index (χ0v) is 14.2. The minimum atomic E-state index is -0.191. The number of hydrogen-bond donors (Lipinski definition) is 0. The van der Waals surface area contributed by atoms with Gasteiger partial charge in [0.2, 0.25) is 0 Å². The Morgan fingerprint density at radius 1 is 0.923 bits per heavy atom. The first-order valence-electron chi connectivity index (χ1n) is 8.51. The topological polar surface area (TPSA) is 22.2 Å². The number of aromatic nitrogens is 3. The van der Waals surface area contributed by atoms with Gasteiger partial charge >= 0.3 is 0 Å². The molecule has 0 amide bonds. The average Bonchev–Trinajstić information content (AvgIpc) is 3.32. The molecule has 0 unspecified atom stereocenters. The van der Waals surface area contributed by atoms with Crippen molar-refractivity contribution < 1.29 is 4.39 Å². The maximum absolute atomic E-state index is 14.2. The fourth-order valence-corrected chi connectivity index (χ4v) is 3.61. The third kappa shape index (κ3) is 2.15. The van der Waals surface area contributed by atoms with Crippen molar-refractivity contribution in [1.82, 2.24) is 14.0 Å². The fraction of sp³-hybridized carbons (Fsp3) is 0.0455. The number of hydrogen-bond acceptors (Lipinski definition) is 1. The molecule has 0 radical (unpaired) electrons. The van der Waals surface area contributed by atoms with Crippen LogP contribution in [0.3, 0.4) is 0 Å². The van der Waals surface area contributed by atoms with Crippen LogP contribution in [0.2, 0.25) is 0 Å². The summed E-state index contributed by atoms with van der Waals surface area (Å²) in [6, 6.07) is 19.5. The van der Waals surface area contributed by atoms with Crippen LogP contribution in [-0.4, -0.2) is 14.0 Å². The lowest BCUT2D eigenvalue weighted by Crippen LogP contribution is -1.96. The minimum Gasteiger partial charge on any atom is -0.316 e. The first-order chi connectivity index (χ1) is 12.7. The van der Waals surface area contributed by atoms with Gasteiger partial charge in [-0.15, -0.1) is 0 Å². The molecule has 0 fully saturated rings.